The van der Waals surface area contributed by atoms with E-state index in [1.54, 1.807) is 0 Å². The molecule has 1 N–H and O–H groups in total. The summed E-state index contributed by atoms with van der Waals surface area (Å²) in [6.45, 7) is 3.95. The van der Waals surface area contributed by atoms with Gasteiger partial charge in [-0.3, -0.25) is 0 Å². The number of aliphatic hydroxyl groups excluding tert-OH is 1. The van der Waals surface area contributed by atoms with Gasteiger partial charge in [0.25, 0.3) is 6.26 Å². The van der Waals surface area contributed by atoms with Gasteiger partial charge in [-0.05, 0) is 38.1 Å². The van der Waals surface area contributed by atoms with Gasteiger partial charge in [-0.25, -0.2) is 9.97 Å². The number of hydrogen-bond donors (Lipinski definition) is 1. The fourth-order valence-electron chi connectivity index (χ4n) is 1.19. The molecular weight excluding hydrogens is 411 g/mol. The molecule has 0 fully saturated rings. The molecular formula is C13H17AuN3O-2. The van der Waals surface area contributed by atoms with Crippen LogP contribution < -0.4 is 0 Å². The molecule has 4 nitrogen and oxygen atoms in total. The van der Waals surface area contributed by atoms with Crippen LogP contribution in [0.4, 0.5) is 0 Å². The quantitative estimate of drug-likeness (QED) is 0.398. The van der Waals surface area contributed by atoms with Gasteiger partial charge in [0.05, 0.1) is 0 Å². The molecule has 0 amide bonds. The second-order valence-corrected chi connectivity index (χ2v) is 3.05. The second kappa shape index (κ2) is 10.7. The van der Waals surface area contributed by atoms with Gasteiger partial charge in [0, 0.05) is 39.2 Å². The van der Waals surface area contributed by atoms with Crippen LogP contribution in [0.2, 0.25) is 0 Å². The van der Waals surface area contributed by atoms with Crippen molar-refractivity contribution in [2.24, 2.45) is 0 Å². The van der Waals surface area contributed by atoms with Crippen LogP contribution in [0, 0.1) is 40.2 Å². The minimum Gasteiger partial charge on any atom is -0.443 e. The fraction of sp³-hybridized carbons (Fsp3) is 0.154. The van der Waals surface area contributed by atoms with Gasteiger partial charge in [-0.1, -0.05) is 0 Å². The number of aryl methyl sites for hydroxylation is 2. The van der Waals surface area contributed by atoms with E-state index in [-0.39, 0.29) is 37.2 Å². The normalized spacial score (nSPS) is 7.39. The maximum atomic E-state index is 6.88. The Bertz CT molecular complexity index is 472. The molecule has 0 aliphatic rings. The summed E-state index contributed by atoms with van der Waals surface area (Å²) < 4.78 is 0. The van der Waals surface area contributed by atoms with Gasteiger partial charge in [-0.2, -0.15) is 5.26 Å². The molecule has 1 radical (unpaired) electrons. The van der Waals surface area contributed by atoms with Crippen molar-refractivity contribution in [3.05, 3.63) is 50.5 Å². The molecule has 2 aromatic rings. The molecule has 2 heterocycles. The Balaban J connectivity index is -0.000000345. The van der Waals surface area contributed by atoms with Crippen LogP contribution in [0.1, 0.15) is 11.4 Å². The number of nitriles is 1. The second-order valence-electron chi connectivity index (χ2n) is 3.05. The Morgan fingerprint density at radius 3 is 1.67 bits per heavy atom. The molecule has 5 heteroatoms. The van der Waals surface area contributed by atoms with Crippen LogP contribution in [0.5, 0.6) is 0 Å². The summed E-state index contributed by atoms with van der Waals surface area (Å²) in [6, 6.07) is 8.09. The number of pyridine rings is 2. The number of aromatic nitrogens is 2. The van der Waals surface area contributed by atoms with Crippen molar-refractivity contribution < 1.29 is 27.5 Å². The largest absolute Gasteiger partial charge is 0.443 e. The molecule has 0 unspecified atom stereocenters. The van der Waals surface area contributed by atoms with Gasteiger partial charge < -0.3 is 20.0 Å². The first-order valence-electron chi connectivity index (χ1n) is 4.41. The zero-order chi connectivity index (χ0) is 11.3. The molecule has 0 saturated heterocycles. The van der Waals surface area contributed by atoms with E-state index in [0.29, 0.717) is 0 Å². The number of rotatable bonds is 0. The van der Waals surface area contributed by atoms with E-state index in [1.807, 2.05) is 38.1 Å². The molecule has 0 spiro atoms. The van der Waals surface area contributed by atoms with Crippen molar-refractivity contribution in [3.8, 4) is 6.26 Å². The zero-order valence-corrected chi connectivity index (χ0v) is 13.1. The summed E-state index contributed by atoms with van der Waals surface area (Å²) in [5.74, 6) is 0. The number of aliphatic hydroxyl groups is 1. The molecule has 2 aromatic heterocycles. The number of hydrogen-bond acceptors (Lipinski definition) is 4. The van der Waals surface area contributed by atoms with Crippen molar-refractivity contribution in [3.63, 3.8) is 0 Å². The van der Waals surface area contributed by atoms with Crippen LogP contribution in [0.15, 0.2) is 24.3 Å². The Kier molecular flexibility index (Phi) is 13.0. The molecule has 0 bridgehead atoms. The smallest absolute Gasteiger partial charge is 0.283 e. The number of nitrogens with zero attached hydrogens (tertiary/aromatic N) is 3. The summed E-state index contributed by atoms with van der Waals surface area (Å²) in [6.07, 6.45) is 0.750. The van der Waals surface area contributed by atoms with E-state index < -0.39 is 0 Å². The van der Waals surface area contributed by atoms with E-state index in [4.69, 9.17) is 10.4 Å². The van der Waals surface area contributed by atoms with Gasteiger partial charge in [-0.15, -0.1) is 0 Å². The maximum Gasteiger partial charge on any atom is 0.283 e. The first-order chi connectivity index (χ1) is 7.17. The molecule has 18 heavy (non-hydrogen) atoms. The minimum atomic E-state index is 0. The van der Waals surface area contributed by atoms with Crippen molar-refractivity contribution >= 4 is 11.0 Å². The van der Waals surface area contributed by atoms with E-state index in [1.165, 1.54) is 0 Å². The average molecular weight is 428 g/mol. The predicted molar refractivity (Wildman–Crippen MR) is 69.4 cm³/mol. The zero-order valence-electron chi connectivity index (χ0n) is 10.9. The Morgan fingerprint density at radius 1 is 1.00 bits per heavy atom. The Hall–Kier alpha value is -1.41. The van der Waals surface area contributed by atoms with Crippen molar-refractivity contribution in [2.45, 2.75) is 13.8 Å². The summed E-state index contributed by atoms with van der Waals surface area (Å²) in [5.41, 5.74) is 2.87. The Morgan fingerprint density at radius 2 is 1.33 bits per heavy atom. The first-order valence-corrected chi connectivity index (χ1v) is 4.41. The van der Waals surface area contributed by atoms with E-state index in [0.717, 1.165) is 28.7 Å². The molecule has 0 aliphatic heterocycles. The topological polar surface area (TPSA) is 69.8 Å². The molecule has 0 atom stereocenters. The molecule has 103 valence electrons. The van der Waals surface area contributed by atoms with Crippen molar-refractivity contribution in [1.82, 2.24) is 9.97 Å². The predicted octanol–water partition coefficient (Wildman–Crippen LogP) is 2.98. The van der Waals surface area contributed by atoms with Crippen molar-refractivity contribution in [1.29, 1.82) is 5.26 Å². The standard InChI is InChI=1S/C10H10N2.CHNO.2CH3.Au/c1-7-3-5-9-6-4-8(2)12-10(9)11-7;2-1-3;;;/h3-6H,1-2H3;3H;2*1H3;/q;;2*-1;. The van der Waals surface area contributed by atoms with Crippen LogP contribution in [0.25, 0.3) is 11.0 Å². The number of fused-ring (bicyclic) bond motifs is 1. The van der Waals surface area contributed by atoms with E-state index in [2.05, 4.69) is 9.97 Å². The third-order valence-electron chi connectivity index (χ3n) is 1.83. The van der Waals surface area contributed by atoms with Crippen LogP contribution >= 0.6 is 0 Å². The van der Waals surface area contributed by atoms with Crippen molar-refractivity contribution in [2.75, 3.05) is 0 Å². The molecule has 0 aromatic carbocycles. The summed E-state index contributed by atoms with van der Waals surface area (Å²) >= 11 is 0. The monoisotopic (exact) mass is 428 g/mol. The Labute approximate surface area is 124 Å². The summed E-state index contributed by atoms with van der Waals surface area (Å²) in [7, 11) is 0. The molecule has 0 saturated carbocycles. The van der Waals surface area contributed by atoms with Gasteiger partial charge in [0.2, 0.25) is 0 Å². The van der Waals surface area contributed by atoms with Gasteiger partial charge >= 0.3 is 0 Å². The van der Waals surface area contributed by atoms with Gasteiger partial charge in [0.1, 0.15) is 0 Å². The average Bonchev–Trinajstić information content (AvgIpc) is 2.18. The van der Waals surface area contributed by atoms with Gasteiger partial charge in [0.15, 0.2) is 5.65 Å². The van der Waals surface area contributed by atoms with Crippen LogP contribution in [0.3, 0.4) is 0 Å². The molecule has 0 aliphatic carbocycles. The van der Waals surface area contributed by atoms with Crippen LogP contribution in [-0.2, 0) is 22.4 Å². The SMILES string of the molecule is Cc1ccc2ccc(C)nc2n1.N#CO.[Au].[CH3-].[CH3-]. The third kappa shape index (κ3) is 6.36. The van der Waals surface area contributed by atoms with Crippen LogP contribution in [-0.4, -0.2) is 15.1 Å². The summed E-state index contributed by atoms with van der Waals surface area (Å²) in [5, 5.41) is 14.9. The third-order valence-corrected chi connectivity index (χ3v) is 1.83. The minimum absolute atomic E-state index is 0. The van der Waals surface area contributed by atoms with E-state index in [9.17, 15) is 0 Å². The van der Waals surface area contributed by atoms with E-state index >= 15 is 0 Å². The fourth-order valence-corrected chi connectivity index (χ4v) is 1.19. The first kappa shape index (κ1) is 21.8. The maximum absolute atomic E-state index is 6.88. The summed E-state index contributed by atoms with van der Waals surface area (Å²) in [4.78, 5) is 8.65. The molecule has 2 rings (SSSR count).